The molecular weight excluding hydrogens is 368 g/mol. The van der Waals surface area contributed by atoms with Crippen LogP contribution in [0.25, 0.3) is 0 Å². The average molecular weight is 391 g/mol. The first-order valence-corrected chi connectivity index (χ1v) is 10.2. The van der Waals surface area contributed by atoms with Gasteiger partial charge in [0, 0.05) is 6.54 Å². The molecule has 0 saturated carbocycles. The van der Waals surface area contributed by atoms with Gasteiger partial charge in [-0.25, -0.2) is 0 Å². The maximum atomic E-state index is 12.6. The number of carbonyl (C=O) groups is 2. The van der Waals surface area contributed by atoms with Crippen molar-refractivity contribution in [2.45, 2.75) is 25.9 Å². The number of rotatable bonds is 8. The van der Waals surface area contributed by atoms with Crippen LogP contribution in [0.4, 0.5) is 0 Å². The van der Waals surface area contributed by atoms with Gasteiger partial charge in [0.1, 0.15) is 6.04 Å². The van der Waals surface area contributed by atoms with E-state index in [9.17, 15) is 9.59 Å². The smallest absolute Gasteiger partial charge is 0.253 e. The van der Waals surface area contributed by atoms with Gasteiger partial charge in [-0.3, -0.25) is 9.59 Å². The van der Waals surface area contributed by atoms with Crippen LogP contribution in [-0.4, -0.2) is 29.9 Å². The van der Waals surface area contributed by atoms with Gasteiger partial charge in [0.2, 0.25) is 5.91 Å². The lowest BCUT2D eigenvalue weighted by molar-refractivity contribution is -0.123. The Bertz CT molecular complexity index is 750. The van der Waals surface area contributed by atoms with Crippen LogP contribution in [0, 0.1) is 6.92 Å². The highest BCUT2D eigenvalue weighted by Crippen LogP contribution is 2.15. The van der Waals surface area contributed by atoms with Gasteiger partial charge >= 0.3 is 0 Å². The zero-order valence-electron chi connectivity index (χ0n) is 14.9. The second-order valence-corrected chi connectivity index (χ2v) is 7.38. The van der Waals surface area contributed by atoms with Crippen LogP contribution in [0.5, 0.6) is 0 Å². The number of hydrogen-bond donors (Lipinski definition) is 2. The minimum Gasteiger partial charge on any atom is -0.350 e. The van der Waals surface area contributed by atoms with Crippen LogP contribution >= 0.6 is 23.4 Å². The normalized spacial score (nSPS) is 11.7. The van der Waals surface area contributed by atoms with E-state index in [1.54, 1.807) is 36.0 Å². The van der Waals surface area contributed by atoms with E-state index >= 15 is 0 Å². The topological polar surface area (TPSA) is 58.2 Å². The number of nitrogens with one attached hydrogen (secondary N) is 2. The Labute approximate surface area is 163 Å². The Balaban J connectivity index is 2.00. The van der Waals surface area contributed by atoms with Gasteiger partial charge in [-0.1, -0.05) is 53.6 Å². The summed E-state index contributed by atoms with van der Waals surface area (Å²) >= 11 is 7.71. The van der Waals surface area contributed by atoms with Crippen LogP contribution in [0.3, 0.4) is 0 Å². The molecule has 0 unspecified atom stereocenters. The molecule has 6 heteroatoms. The third kappa shape index (κ3) is 6.07. The Hall–Kier alpha value is -1.98. The summed E-state index contributed by atoms with van der Waals surface area (Å²) in [5.41, 5.74) is 2.56. The van der Waals surface area contributed by atoms with Gasteiger partial charge in [0.15, 0.2) is 0 Å². The zero-order valence-corrected chi connectivity index (χ0v) is 16.5. The molecule has 0 spiro atoms. The van der Waals surface area contributed by atoms with Crippen molar-refractivity contribution in [3.05, 3.63) is 70.2 Å². The summed E-state index contributed by atoms with van der Waals surface area (Å²) in [6, 6.07) is 14.2. The quantitative estimate of drug-likeness (QED) is 0.720. The Kier molecular flexibility index (Phi) is 8.01. The summed E-state index contributed by atoms with van der Waals surface area (Å²) in [5, 5.41) is 6.08. The molecule has 0 aromatic heterocycles. The van der Waals surface area contributed by atoms with Crippen LogP contribution < -0.4 is 10.6 Å². The van der Waals surface area contributed by atoms with Crippen molar-refractivity contribution in [2.24, 2.45) is 0 Å². The lowest BCUT2D eigenvalue weighted by atomic mass is 10.1. The molecular formula is C20H23ClN2O2S. The summed E-state index contributed by atoms with van der Waals surface area (Å²) in [6.07, 6.45) is 2.52. The van der Waals surface area contributed by atoms with E-state index in [1.165, 1.54) is 5.56 Å². The van der Waals surface area contributed by atoms with Crippen molar-refractivity contribution >= 4 is 35.2 Å². The number of aryl methyl sites for hydroxylation is 1. The van der Waals surface area contributed by atoms with Crippen LogP contribution in [-0.2, 0) is 11.3 Å². The number of thioether (sulfide) groups is 1. The first-order valence-electron chi connectivity index (χ1n) is 8.39. The maximum absolute atomic E-state index is 12.6. The first kappa shape index (κ1) is 20.3. The summed E-state index contributed by atoms with van der Waals surface area (Å²) in [4.78, 5) is 25.0. The van der Waals surface area contributed by atoms with E-state index in [2.05, 4.69) is 10.6 Å². The Morgan fingerprint density at radius 1 is 1.12 bits per heavy atom. The molecule has 26 heavy (non-hydrogen) atoms. The number of amides is 2. The fourth-order valence-electron chi connectivity index (χ4n) is 2.40. The van der Waals surface area contributed by atoms with E-state index in [1.807, 2.05) is 37.4 Å². The highest BCUT2D eigenvalue weighted by Gasteiger charge is 2.21. The highest BCUT2D eigenvalue weighted by molar-refractivity contribution is 7.98. The molecule has 0 aliphatic heterocycles. The van der Waals surface area contributed by atoms with E-state index in [-0.39, 0.29) is 11.8 Å². The second kappa shape index (κ2) is 10.2. The van der Waals surface area contributed by atoms with Gasteiger partial charge in [0.25, 0.3) is 5.91 Å². The van der Waals surface area contributed by atoms with Crippen molar-refractivity contribution in [3.63, 3.8) is 0 Å². The average Bonchev–Trinajstić information content (AvgIpc) is 2.64. The number of carbonyl (C=O) groups excluding carboxylic acids is 2. The van der Waals surface area contributed by atoms with Gasteiger partial charge < -0.3 is 10.6 Å². The second-order valence-electron chi connectivity index (χ2n) is 5.99. The zero-order chi connectivity index (χ0) is 18.9. The summed E-state index contributed by atoms with van der Waals surface area (Å²) in [7, 11) is 0. The minimum atomic E-state index is -0.600. The number of hydrogen-bond acceptors (Lipinski definition) is 3. The monoisotopic (exact) mass is 390 g/mol. The third-order valence-electron chi connectivity index (χ3n) is 3.94. The molecule has 2 aromatic rings. The SMILES string of the molecule is CSCC[C@@H](NC(=O)c1ccccc1Cl)C(=O)NCc1ccc(C)cc1. The van der Waals surface area contributed by atoms with Crippen molar-refractivity contribution in [3.8, 4) is 0 Å². The van der Waals surface area contributed by atoms with Gasteiger partial charge in [-0.2, -0.15) is 11.8 Å². The van der Waals surface area contributed by atoms with Crippen molar-refractivity contribution in [2.75, 3.05) is 12.0 Å². The molecule has 2 amide bonds. The molecule has 138 valence electrons. The lowest BCUT2D eigenvalue weighted by Crippen LogP contribution is -2.47. The predicted molar refractivity (Wildman–Crippen MR) is 109 cm³/mol. The molecule has 0 radical (unpaired) electrons. The molecule has 4 nitrogen and oxygen atoms in total. The van der Waals surface area contributed by atoms with Crippen LogP contribution in [0.15, 0.2) is 48.5 Å². The summed E-state index contributed by atoms with van der Waals surface area (Å²) in [5.74, 6) is 0.234. The third-order valence-corrected chi connectivity index (χ3v) is 4.91. The predicted octanol–water partition coefficient (Wildman–Crippen LogP) is 3.82. The van der Waals surface area contributed by atoms with Gasteiger partial charge in [0.05, 0.1) is 10.6 Å². The van der Waals surface area contributed by atoms with E-state index in [4.69, 9.17) is 11.6 Å². The van der Waals surface area contributed by atoms with Crippen molar-refractivity contribution in [1.82, 2.24) is 10.6 Å². The summed E-state index contributed by atoms with van der Waals surface area (Å²) in [6.45, 7) is 2.45. The lowest BCUT2D eigenvalue weighted by Gasteiger charge is -2.18. The van der Waals surface area contributed by atoms with E-state index in [0.717, 1.165) is 11.3 Å². The van der Waals surface area contributed by atoms with Gasteiger partial charge in [-0.15, -0.1) is 0 Å². The fraction of sp³-hybridized carbons (Fsp3) is 0.300. The molecule has 1 atom stereocenters. The molecule has 0 aliphatic rings. The molecule has 0 aliphatic carbocycles. The molecule has 0 fully saturated rings. The van der Waals surface area contributed by atoms with Crippen LogP contribution in [0.2, 0.25) is 5.02 Å². The van der Waals surface area contributed by atoms with Crippen LogP contribution in [0.1, 0.15) is 27.9 Å². The maximum Gasteiger partial charge on any atom is 0.253 e. The minimum absolute atomic E-state index is 0.194. The highest BCUT2D eigenvalue weighted by atomic mass is 35.5. The fourth-order valence-corrected chi connectivity index (χ4v) is 3.10. The van der Waals surface area contributed by atoms with Gasteiger partial charge in [-0.05, 0) is 43.0 Å². The molecule has 0 saturated heterocycles. The van der Waals surface area contributed by atoms with Crippen molar-refractivity contribution < 1.29 is 9.59 Å². The van der Waals surface area contributed by atoms with E-state index < -0.39 is 6.04 Å². The first-order chi connectivity index (χ1) is 12.5. The Morgan fingerprint density at radius 2 is 1.81 bits per heavy atom. The van der Waals surface area contributed by atoms with Crippen molar-refractivity contribution in [1.29, 1.82) is 0 Å². The molecule has 2 aromatic carbocycles. The molecule has 0 bridgehead atoms. The number of benzene rings is 2. The van der Waals surface area contributed by atoms with E-state index in [0.29, 0.717) is 23.6 Å². The molecule has 2 N–H and O–H groups in total. The standard InChI is InChI=1S/C20H23ClN2O2S/c1-14-7-9-15(10-8-14)13-22-20(25)18(11-12-26-2)23-19(24)16-5-3-4-6-17(16)21/h3-10,18H,11-13H2,1-2H3,(H,22,25)(H,23,24)/t18-/m1/s1. The largest absolute Gasteiger partial charge is 0.350 e. The Morgan fingerprint density at radius 3 is 2.46 bits per heavy atom. The molecule has 2 rings (SSSR count). The summed E-state index contributed by atoms with van der Waals surface area (Å²) < 4.78 is 0. The number of halogens is 1. The molecule has 0 heterocycles.